The molecule has 7 heteroatoms. The highest BCUT2D eigenvalue weighted by Gasteiger charge is 2.18. The van der Waals surface area contributed by atoms with Gasteiger partial charge in [-0.15, -0.1) is 0 Å². The van der Waals surface area contributed by atoms with E-state index < -0.39 is 11.9 Å². The second-order valence-corrected chi connectivity index (χ2v) is 6.26. The van der Waals surface area contributed by atoms with Crippen molar-refractivity contribution >= 4 is 34.2 Å². The molecule has 0 atom stereocenters. The van der Waals surface area contributed by atoms with E-state index in [9.17, 15) is 14.7 Å². The molecule has 3 N–H and O–H groups in total. The largest absolute Gasteiger partial charge is 0.494 e. The van der Waals surface area contributed by atoms with Crippen LogP contribution in [0.1, 0.15) is 46.0 Å². The third kappa shape index (κ3) is 3.73. The average molecular weight is 380 g/mol. The van der Waals surface area contributed by atoms with Gasteiger partial charge in [-0.3, -0.25) is 4.99 Å². The Bertz CT molecular complexity index is 1060. The molecule has 3 aromatic rings. The molecule has 0 radical (unpaired) electrons. The minimum atomic E-state index is -1.00. The number of benzene rings is 2. The van der Waals surface area contributed by atoms with Crippen molar-refractivity contribution in [3.05, 3.63) is 59.2 Å². The van der Waals surface area contributed by atoms with E-state index in [0.717, 1.165) is 11.8 Å². The van der Waals surface area contributed by atoms with Crippen LogP contribution in [-0.2, 0) is 4.74 Å². The van der Waals surface area contributed by atoms with Crippen LogP contribution < -0.4 is 0 Å². The lowest BCUT2D eigenvalue weighted by molar-refractivity contribution is 0.0600. The molecule has 2 aromatic carbocycles. The number of nitrogens with one attached hydrogen (secondary N) is 1. The van der Waals surface area contributed by atoms with Gasteiger partial charge in [-0.25, -0.2) is 9.59 Å². The smallest absolute Gasteiger partial charge is 0.337 e. The molecule has 0 aliphatic rings. The number of nitrogens with zero attached hydrogens (tertiary/aromatic N) is 1. The number of methoxy groups -OCH3 is 1. The Morgan fingerprint density at radius 2 is 1.79 bits per heavy atom. The van der Waals surface area contributed by atoms with Gasteiger partial charge in [-0.2, -0.15) is 0 Å². The van der Waals surface area contributed by atoms with Crippen LogP contribution in [0.2, 0.25) is 0 Å². The second-order valence-electron chi connectivity index (χ2n) is 6.26. The summed E-state index contributed by atoms with van der Waals surface area (Å²) in [5.41, 5.74) is 2.98. The van der Waals surface area contributed by atoms with Crippen molar-refractivity contribution in [2.75, 3.05) is 7.11 Å². The number of carbonyl (C=O) groups is 2. The van der Waals surface area contributed by atoms with E-state index in [0.29, 0.717) is 34.5 Å². The summed E-state index contributed by atoms with van der Waals surface area (Å²) >= 11 is 0. The van der Waals surface area contributed by atoms with Gasteiger partial charge in [0.25, 0.3) is 0 Å². The van der Waals surface area contributed by atoms with Crippen LogP contribution in [0.4, 0.5) is 5.69 Å². The number of aliphatic imine (C=N–C) groups is 1. The molecule has 0 bridgehead atoms. The molecule has 0 spiro atoms. The Hall–Kier alpha value is -3.61. The highest BCUT2D eigenvalue weighted by molar-refractivity contribution is 6.14. The van der Waals surface area contributed by atoms with Crippen molar-refractivity contribution in [1.82, 2.24) is 4.98 Å². The summed E-state index contributed by atoms with van der Waals surface area (Å²) in [6.45, 7) is 2.00. The number of rotatable bonds is 6. The molecule has 3 rings (SSSR count). The topological polar surface area (TPSA) is 112 Å². The number of carbonyl (C=O) groups excluding carboxylic acids is 1. The average Bonchev–Trinajstić information content (AvgIpc) is 3.02. The number of carboxylic acids is 1. The van der Waals surface area contributed by atoms with E-state index >= 15 is 0 Å². The van der Waals surface area contributed by atoms with Gasteiger partial charge in [0, 0.05) is 10.9 Å². The number of aromatic amines is 1. The highest BCUT2D eigenvalue weighted by Crippen LogP contribution is 2.31. The van der Waals surface area contributed by atoms with Crippen molar-refractivity contribution in [3.8, 4) is 5.88 Å². The number of aromatic hydroxyl groups is 1. The Kier molecular flexibility index (Phi) is 5.44. The quantitative estimate of drug-likeness (QED) is 0.436. The van der Waals surface area contributed by atoms with E-state index in [2.05, 4.69) is 9.98 Å². The lowest BCUT2D eigenvalue weighted by atomic mass is 10.0. The zero-order valence-electron chi connectivity index (χ0n) is 15.5. The zero-order chi connectivity index (χ0) is 20.3. The Balaban J connectivity index is 2.08. The lowest BCUT2D eigenvalue weighted by Gasteiger charge is -2.06. The van der Waals surface area contributed by atoms with Crippen molar-refractivity contribution in [2.45, 2.75) is 19.8 Å². The Morgan fingerprint density at radius 3 is 2.39 bits per heavy atom. The molecule has 0 saturated heterocycles. The second kappa shape index (κ2) is 7.96. The van der Waals surface area contributed by atoms with E-state index in [-0.39, 0.29) is 11.4 Å². The molecule has 0 unspecified atom stereocenters. The van der Waals surface area contributed by atoms with Crippen LogP contribution in [0.15, 0.2) is 47.5 Å². The molecule has 7 nitrogen and oxygen atoms in total. The van der Waals surface area contributed by atoms with E-state index in [4.69, 9.17) is 9.84 Å². The summed E-state index contributed by atoms with van der Waals surface area (Å²) in [7, 11) is 1.31. The maximum absolute atomic E-state index is 11.7. The van der Waals surface area contributed by atoms with Crippen LogP contribution in [-0.4, -0.2) is 40.0 Å². The maximum Gasteiger partial charge on any atom is 0.337 e. The van der Waals surface area contributed by atoms with Crippen molar-refractivity contribution < 1.29 is 24.5 Å². The number of hydrogen-bond acceptors (Lipinski definition) is 5. The molecular formula is C21H20N2O5. The maximum atomic E-state index is 11.7. The van der Waals surface area contributed by atoms with Gasteiger partial charge in [0.2, 0.25) is 0 Å². The first-order valence-corrected chi connectivity index (χ1v) is 8.79. The normalized spacial score (nSPS) is 11.6. The molecule has 144 valence electrons. The first kappa shape index (κ1) is 19.2. The van der Waals surface area contributed by atoms with Crippen molar-refractivity contribution in [3.63, 3.8) is 0 Å². The van der Waals surface area contributed by atoms with Gasteiger partial charge in [0.1, 0.15) is 0 Å². The van der Waals surface area contributed by atoms with Gasteiger partial charge >= 0.3 is 11.9 Å². The predicted octanol–water partition coefficient (Wildman–Crippen LogP) is 4.28. The number of carboxylic acid groups (broad SMARTS) is 1. The van der Waals surface area contributed by atoms with Crippen LogP contribution in [0.5, 0.6) is 5.88 Å². The summed E-state index contributed by atoms with van der Waals surface area (Å²) in [6, 6.07) is 11.2. The first-order valence-electron chi connectivity index (χ1n) is 8.79. The minimum absolute atomic E-state index is 0.0358. The van der Waals surface area contributed by atoms with Crippen LogP contribution in [0.25, 0.3) is 10.9 Å². The summed E-state index contributed by atoms with van der Waals surface area (Å²) in [6.07, 6.45) is 1.42. The predicted molar refractivity (Wildman–Crippen MR) is 106 cm³/mol. The number of esters is 1. The summed E-state index contributed by atoms with van der Waals surface area (Å²) in [5, 5.41) is 20.2. The Labute approximate surface area is 161 Å². The third-order valence-electron chi connectivity index (χ3n) is 4.35. The molecule has 28 heavy (non-hydrogen) atoms. The van der Waals surface area contributed by atoms with E-state index in [1.165, 1.54) is 19.2 Å². The molecule has 0 saturated carbocycles. The van der Waals surface area contributed by atoms with Gasteiger partial charge < -0.3 is 19.9 Å². The standard InChI is InChI=1S/C21H20N2O5/c1-3-4-16(22-14-8-5-12(6-9-14)20(25)26)18-15-10-7-13(21(27)28-2)11-17(15)23-19(18)24/h5-11,23-24H,3-4H2,1-2H3,(H,25,26). The summed E-state index contributed by atoms with van der Waals surface area (Å²) in [4.78, 5) is 30.3. The zero-order valence-corrected chi connectivity index (χ0v) is 15.5. The number of aromatic carboxylic acids is 1. The van der Waals surface area contributed by atoms with Crippen molar-refractivity contribution in [1.29, 1.82) is 0 Å². The molecule has 1 aromatic heterocycles. The number of aromatic nitrogens is 1. The third-order valence-corrected chi connectivity index (χ3v) is 4.35. The van der Waals surface area contributed by atoms with Gasteiger partial charge in [-0.1, -0.05) is 19.4 Å². The molecule has 0 aliphatic heterocycles. The monoisotopic (exact) mass is 380 g/mol. The Morgan fingerprint density at radius 1 is 1.11 bits per heavy atom. The van der Waals surface area contributed by atoms with E-state index in [1.54, 1.807) is 30.3 Å². The molecular weight excluding hydrogens is 360 g/mol. The summed E-state index contributed by atoms with van der Waals surface area (Å²) in [5.74, 6) is -1.50. The van der Waals surface area contributed by atoms with Crippen LogP contribution in [0.3, 0.4) is 0 Å². The minimum Gasteiger partial charge on any atom is -0.494 e. The summed E-state index contributed by atoms with van der Waals surface area (Å²) < 4.78 is 4.73. The first-order chi connectivity index (χ1) is 13.4. The number of ether oxygens (including phenoxy) is 1. The van der Waals surface area contributed by atoms with Crippen LogP contribution >= 0.6 is 0 Å². The highest BCUT2D eigenvalue weighted by atomic mass is 16.5. The number of fused-ring (bicyclic) bond motifs is 1. The van der Waals surface area contributed by atoms with Gasteiger partial charge in [0.15, 0.2) is 5.88 Å². The fourth-order valence-electron chi connectivity index (χ4n) is 3.03. The number of H-pyrrole nitrogens is 1. The van der Waals surface area contributed by atoms with Gasteiger partial charge in [0.05, 0.1) is 35.2 Å². The van der Waals surface area contributed by atoms with Crippen molar-refractivity contribution in [2.24, 2.45) is 4.99 Å². The number of hydrogen-bond donors (Lipinski definition) is 3. The molecule has 0 aliphatic carbocycles. The lowest BCUT2D eigenvalue weighted by Crippen LogP contribution is -2.02. The fraction of sp³-hybridized carbons (Fsp3) is 0.190. The SMILES string of the molecule is CCCC(=Nc1ccc(C(=O)O)cc1)c1c(O)[nH]c2cc(C(=O)OC)ccc12. The molecule has 0 amide bonds. The fourth-order valence-corrected chi connectivity index (χ4v) is 3.03. The van der Waals surface area contributed by atoms with E-state index in [1.807, 2.05) is 6.92 Å². The molecule has 0 fully saturated rings. The van der Waals surface area contributed by atoms with Gasteiger partial charge in [-0.05, 0) is 42.8 Å². The van der Waals surface area contributed by atoms with Crippen LogP contribution in [0, 0.1) is 0 Å². The molecule has 1 heterocycles.